The van der Waals surface area contributed by atoms with Crippen LogP contribution in [0.1, 0.15) is 56.3 Å². The Hall–Kier alpha value is -3.82. The molecule has 0 unspecified atom stereocenters. The number of para-hydroxylation sites is 1. The molecule has 0 aliphatic heterocycles. The topological polar surface area (TPSA) is 132 Å². The Morgan fingerprint density at radius 1 is 1.09 bits per heavy atom. The maximum absolute atomic E-state index is 13.6. The number of benzene rings is 1. The highest BCUT2D eigenvalue weighted by Gasteiger charge is 2.25. The van der Waals surface area contributed by atoms with Crippen molar-refractivity contribution in [2.45, 2.75) is 59.0 Å². The number of nitrogen functional groups attached to an aromatic ring is 1. The molecular weight excluding hydrogens is 450 g/mol. The van der Waals surface area contributed by atoms with Crippen molar-refractivity contribution in [1.82, 2.24) is 14.1 Å². The van der Waals surface area contributed by atoms with Gasteiger partial charge in [0.05, 0.1) is 12.7 Å². The van der Waals surface area contributed by atoms with Crippen LogP contribution < -0.4 is 21.9 Å². The molecule has 10 heteroatoms. The summed E-state index contributed by atoms with van der Waals surface area (Å²) < 4.78 is 7.86. The minimum Gasteiger partial charge on any atom is -0.465 e. The molecule has 0 fully saturated rings. The summed E-state index contributed by atoms with van der Waals surface area (Å²) in [7, 11) is 1.30. The standard InChI is InChI=1S/C25H33N5O5/c1-4-6-10-14-29(21-22(26)30(13-7-5-2)25(34)27-23(21)32)20(31)16-28-15-18(24(33)35-3)17-11-8-9-12-19(17)28/h8-9,11-12,15H,4-7,10,13-14,16,26H2,1-3H3,(H,27,32,34). The van der Waals surface area contributed by atoms with E-state index >= 15 is 0 Å². The molecule has 3 rings (SSSR count). The molecule has 2 heterocycles. The minimum absolute atomic E-state index is 0.0218. The van der Waals surface area contributed by atoms with E-state index in [9.17, 15) is 19.2 Å². The van der Waals surface area contributed by atoms with Gasteiger partial charge in [-0.05, 0) is 18.9 Å². The van der Waals surface area contributed by atoms with Gasteiger partial charge in [-0.25, -0.2) is 9.59 Å². The molecule has 0 spiro atoms. The molecule has 0 bridgehead atoms. The largest absolute Gasteiger partial charge is 0.465 e. The van der Waals surface area contributed by atoms with E-state index in [0.717, 1.165) is 19.3 Å². The van der Waals surface area contributed by atoms with Crippen molar-refractivity contribution < 1.29 is 14.3 Å². The summed E-state index contributed by atoms with van der Waals surface area (Å²) in [6, 6.07) is 7.21. The van der Waals surface area contributed by atoms with Gasteiger partial charge < -0.3 is 19.9 Å². The van der Waals surface area contributed by atoms with Crippen molar-refractivity contribution in [1.29, 1.82) is 0 Å². The molecule has 1 aromatic carbocycles. The van der Waals surface area contributed by atoms with Crippen LogP contribution in [0.2, 0.25) is 0 Å². The summed E-state index contributed by atoms with van der Waals surface area (Å²) in [5.74, 6) is -0.906. The number of esters is 1. The van der Waals surface area contributed by atoms with Gasteiger partial charge in [0.15, 0.2) is 5.69 Å². The lowest BCUT2D eigenvalue weighted by Gasteiger charge is -2.25. The first kappa shape index (κ1) is 25.8. The van der Waals surface area contributed by atoms with E-state index < -0.39 is 17.2 Å². The van der Waals surface area contributed by atoms with Crippen LogP contribution in [0.4, 0.5) is 11.5 Å². The van der Waals surface area contributed by atoms with E-state index in [1.54, 1.807) is 22.9 Å². The van der Waals surface area contributed by atoms with Crippen molar-refractivity contribution in [2.24, 2.45) is 0 Å². The number of ether oxygens (including phenoxy) is 1. The zero-order chi connectivity index (χ0) is 25.5. The monoisotopic (exact) mass is 483 g/mol. The maximum Gasteiger partial charge on any atom is 0.340 e. The van der Waals surface area contributed by atoms with Gasteiger partial charge in [0.25, 0.3) is 5.56 Å². The minimum atomic E-state index is -0.697. The fourth-order valence-corrected chi connectivity index (χ4v) is 4.14. The number of nitrogens with zero attached hydrogens (tertiary/aromatic N) is 3. The number of H-pyrrole nitrogens is 1. The fourth-order valence-electron chi connectivity index (χ4n) is 4.14. The number of amides is 1. The van der Waals surface area contributed by atoms with E-state index in [1.165, 1.54) is 16.6 Å². The summed E-state index contributed by atoms with van der Waals surface area (Å²) in [4.78, 5) is 54.8. The first-order valence-corrected chi connectivity index (χ1v) is 11.9. The summed E-state index contributed by atoms with van der Waals surface area (Å²) >= 11 is 0. The van der Waals surface area contributed by atoms with Gasteiger partial charge in [-0.2, -0.15) is 0 Å². The summed E-state index contributed by atoms with van der Waals surface area (Å²) in [6.07, 6.45) is 5.56. The number of fused-ring (bicyclic) bond motifs is 1. The van der Waals surface area contributed by atoms with E-state index in [4.69, 9.17) is 10.5 Å². The normalized spacial score (nSPS) is 11.1. The molecule has 0 saturated carbocycles. The number of carbonyl (C=O) groups is 2. The molecule has 2 aromatic heterocycles. The highest BCUT2D eigenvalue weighted by atomic mass is 16.5. The Bertz CT molecular complexity index is 1320. The SMILES string of the molecule is CCCCCN(C(=O)Cn1cc(C(=O)OC)c2ccccc21)c1c(N)n(CCCC)c(=O)[nH]c1=O. The van der Waals surface area contributed by atoms with Crippen molar-refractivity contribution in [2.75, 3.05) is 24.3 Å². The third-order valence-electron chi connectivity index (χ3n) is 6.01. The second-order valence-electron chi connectivity index (χ2n) is 8.43. The van der Waals surface area contributed by atoms with Gasteiger partial charge in [-0.15, -0.1) is 0 Å². The Balaban J connectivity index is 2.05. The average Bonchev–Trinajstić information content (AvgIpc) is 3.20. The molecule has 0 atom stereocenters. The van der Waals surface area contributed by atoms with Gasteiger partial charge >= 0.3 is 11.7 Å². The Morgan fingerprint density at radius 3 is 2.49 bits per heavy atom. The van der Waals surface area contributed by atoms with Crippen molar-refractivity contribution in [3.63, 3.8) is 0 Å². The first-order chi connectivity index (χ1) is 16.8. The van der Waals surface area contributed by atoms with Crippen LogP contribution in [0, 0.1) is 0 Å². The number of nitrogens with one attached hydrogen (secondary N) is 1. The van der Waals surface area contributed by atoms with Crippen molar-refractivity contribution in [3.8, 4) is 0 Å². The molecule has 3 aromatic rings. The van der Waals surface area contributed by atoms with E-state index in [2.05, 4.69) is 4.98 Å². The zero-order valence-electron chi connectivity index (χ0n) is 20.5. The second kappa shape index (κ2) is 11.5. The van der Waals surface area contributed by atoms with E-state index in [0.29, 0.717) is 35.9 Å². The average molecular weight is 484 g/mol. The third-order valence-corrected chi connectivity index (χ3v) is 6.01. The van der Waals surface area contributed by atoms with Gasteiger partial charge in [0, 0.05) is 30.2 Å². The number of aromatic nitrogens is 3. The summed E-state index contributed by atoms with van der Waals surface area (Å²) in [6.45, 7) is 4.51. The number of carbonyl (C=O) groups excluding carboxylic acids is 2. The fraction of sp³-hybridized carbons (Fsp3) is 0.440. The summed E-state index contributed by atoms with van der Waals surface area (Å²) in [5, 5.41) is 0.662. The predicted octanol–water partition coefficient (Wildman–Crippen LogP) is 2.88. The lowest BCUT2D eigenvalue weighted by atomic mass is 10.2. The van der Waals surface area contributed by atoms with Crippen molar-refractivity contribution >= 4 is 34.3 Å². The Labute approximate surface area is 203 Å². The van der Waals surface area contributed by atoms with E-state index in [1.807, 2.05) is 26.0 Å². The number of unbranched alkanes of at least 4 members (excludes halogenated alkanes) is 3. The van der Waals surface area contributed by atoms with Gasteiger partial charge in [-0.3, -0.25) is 19.1 Å². The number of anilines is 2. The Morgan fingerprint density at radius 2 is 1.80 bits per heavy atom. The smallest absolute Gasteiger partial charge is 0.340 e. The van der Waals surface area contributed by atoms with Crippen LogP contribution in [0.5, 0.6) is 0 Å². The van der Waals surface area contributed by atoms with Crippen molar-refractivity contribution in [3.05, 3.63) is 56.9 Å². The van der Waals surface area contributed by atoms with Crippen LogP contribution in [0.25, 0.3) is 10.9 Å². The molecule has 3 N–H and O–H groups in total. The van der Waals surface area contributed by atoms with Crippen LogP contribution in [0.15, 0.2) is 40.1 Å². The predicted molar refractivity (Wildman–Crippen MR) is 136 cm³/mol. The Kier molecular flexibility index (Phi) is 8.51. The number of aromatic amines is 1. The van der Waals surface area contributed by atoms with Gasteiger partial charge in [0.1, 0.15) is 12.4 Å². The van der Waals surface area contributed by atoms with Crippen LogP contribution in [-0.4, -0.2) is 39.6 Å². The van der Waals surface area contributed by atoms with E-state index in [-0.39, 0.29) is 30.5 Å². The number of hydrogen-bond acceptors (Lipinski definition) is 6. The molecular formula is C25H33N5O5. The summed E-state index contributed by atoms with van der Waals surface area (Å²) in [5.41, 5.74) is 6.02. The lowest BCUT2D eigenvalue weighted by molar-refractivity contribution is -0.119. The number of methoxy groups -OCH3 is 1. The third kappa shape index (κ3) is 5.47. The zero-order valence-corrected chi connectivity index (χ0v) is 20.5. The van der Waals surface area contributed by atoms with Gasteiger partial charge in [0.2, 0.25) is 5.91 Å². The molecule has 1 amide bonds. The molecule has 10 nitrogen and oxygen atoms in total. The number of nitrogens with two attached hydrogens (primary N) is 1. The maximum atomic E-state index is 13.6. The molecule has 0 saturated heterocycles. The molecule has 35 heavy (non-hydrogen) atoms. The first-order valence-electron chi connectivity index (χ1n) is 11.9. The highest BCUT2D eigenvalue weighted by Crippen LogP contribution is 2.24. The van der Waals surface area contributed by atoms with Crippen LogP contribution in [-0.2, 0) is 22.6 Å². The second-order valence-corrected chi connectivity index (χ2v) is 8.43. The van der Waals surface area contributed by atoms with Gasteiger partial charge in [-0.1, -0.05) is 51.3 Å². The molecule has 0 aliphatic carbocycles. The molecule has 0 radical (unpaired) electrons. The van der Waals surface area contributed by atoms with Crippen LogP contribution >= 0.6 is 0 Å². The van der Waals surface area contributed by atoms with Crippen LogP contribution in [0.3, 0.4) is 0 Å². The number of rotatable bonds is 11. The molecule has 0 aliphatic rings. The quantitative estimate of drug-likeness (QED) is 0.318. The highest BCUT2D eigenvalue weighted by molar-refractivity contribution is 6.05. The number of hydrogen-bond donors (Lipinski definition) is 2. The lowest BCUT2D eigenvalue weighted by Crippen LogP contribution is -2.42. The molecule has 188 valence electrons.